The van der Waals surface area contributed by atoms with Crippen LogP contribution in [0.3, 0.4) is 0 Å². The second-order valence-corrected chi connectivity index (χ2v) is 5.91. The summed E-state index contributed by atoms with van der Waals surface area (Å²) in [6, 6.07) is 2.71. The molecule has 1 unspecified atom stereocenters. The Kier molecular flexibility index (Phi) is 4.16. The summed E-state index contributed by atoms with van der Waals surface area (Å²) in [7, 11) is 6.12. The SMILES string of the molecule is COc1c(C)c(C)cc(C)c1C(C1CNC1)N(C)C. The minimum Gasteiger partial charge on any atom is -0.496 e. The van der Waals surface area contributed by atoms with Gasteiger partial charge in [-0.1, -0.05) is 6.07 Å². The Bertz CT molecular complexity index is 464. The van der Waals surface area contributed by atoms with Gasteiger partial charge < -0.3 is 15.0 Å². The van der Waals surface area contributed by atoms with Crippen molar-refractivity contribution < 1.29 is 4.74 Å². The van der Waals surface area contributed by atoms with Gasteiger partial charge in [0.2, 0.25) is 0 Å². The second kappa shape index (κ2) is 5.51. The van der Waals surface area contributed by atoms with E-state index in [1.807, 2.05) is 0 Å². The molecule has 0 bridgehead atoms. The molecule has 1 aliphatic heterocycles. The first kappa shape index (κ1) is 14.4. The molecule has 106 valence electrons. The molecule has 1 atom stereocenters. The van der Waals surface area contributed by atoms with Crippen LogP contribution in [0.5, 0.6) is 5.75 Å². The lowest BCUT2D eigenvalue weighted by atomic mass is 9.83. The molecule has 0 saturated carbocycles. The average molecular weight is 262 g/mol. The van der Waals surface area contributed by atoms with Gasteiger partial charge in [0, 0.05) is 30.6 Å². The van der Waals surface area contributed by atoms with Crippen LogP contribution in [0.25, 0.3) is 0 Å². The van der Waals surface area contributed by atoms with Gasteiger partial charge in [-0.2, -0.15) is 0 Å². The van der Waals surface area contributed by atoms with Gasteiger partial charge in [-0.05, 0) is 51.6 Å². The average Bonchev–Trinajstić information content (AvgIpc) is 2.28. The second-order valence-electron chi connectivity index (χ2n) is 5.91. The number of hydrogen-bond acceptors (Lipinski definition) is 3. The Labute approximate surface area is 116 Å². The van der Waals surface area contributed by atoms with Gasteiger partial charge in [-0.15, -0.1) is 0 Å². The van der Waals surface area contributed by atoms with E-state index >= 15 is 0 Å². The van der Waals surface area contributed by atoms with Crippen molar-refractivity contribution in [2.75, 3.05) is 34.3 Å². The Morgan fingerprint density at radius 1 is 1.21 bits per heavy atom. The van der Waals surface area contributed by atoms with E-state index in [9.17, 15) is 0 Å². The molecule has 1 N–H and O–H groups in total. The molecule has 1 aliphatic rings. The fraction of sp³-hybridized carbons (Fsp3) is 0.625. The molecule has 0 amide bonds. The predicted octanol–water partition coefficient (Wildman–Crippen LogP) is 2.44. The molecule has 1 saturated heterocycles. The Morgan fingerprint density at radius 2 is 1.84 bits per heavy atom. The molecule has 0 spiro atoms. The van der Waals surface area contributed by atoms with E-state index in [-0.39, 0.29) is 0 Å². The van der Waals surface area contributed by atoms with Crippen LogP contribution in [0.1, 0.15) is 28.3 Å². The highest BCUT2D eigenvalue weighted by atomic mass is 16.5. The van der Waals surface area contributed by atoms with Crippen molar-refractivity contribution in [3.63, 3.8) is 0 Å². The van der Waals surface area contributed by atoms with Gasteiger partial charge in [0.25, 0.3) is 0 Å². The Morgan fingerprint density at radius 3 is 2.26 bits per heavy atom. The molecule has 3 nitrogen and oxygen atoms in total. The Balaban J connectivity index is 2.55. The van der Waals surface area contributed by atoms with E-state index in [1.54, 1.807) is 7.11 Å². The fourth-order valence-corrected chi connectivity index (χ4v) is 3.15. The summed E-state index contributed by atoms with van der Waals surface area (Å²) in [4.78, 5) is 2.32. The molecule has 1 fully saturated rings. The lowest BCUT2D eigenvalue weighted by Crippen LogP contribution is -2.49. The monoisotopic (exact) mass is 262 g/mol. The first-order valence-electron chi connectivity index (χ1n) is 6.99. The van der Waals surface area contributed by atoms with Gasteiger partial charge in [-0.25, -0.2) is 0 Å². The van der Waals surface area contributed by atoms with Crippen molar-refractivity contribution in [2.45, 2.75) is 26.8 Å². The third kappa shape index (κ3) is 2.49. The predicted molar refractivity (Wildman–Crippen MR) is 80.0 cm³/mol. The van der Waals surface area contributed by atoms with Crippen LogP contribution in [0.15, 0.2) is 6.07 Å². The van der Waals surface area contributed by atoms with Gasteiger partial charge in [0.15, 0.2) is 0 Å². The molecular weight excluding hydrogens is 236 g/mol. The lowest BCUT2D eigenvalue weighted by Gasteiger charge is -2.40. The number of rotatable bonds is 4. The standard InChI is InChI=1S/C16H26N2O/c1-10-7-11(2)14(16(19-6)12(10)3)15(18(4)5)13-8-17-9-13/h7,13,15,17H,8-9H2,1-6H3. The van der Waals surface area contributed by atoms with Crippen LogP contribution < -0.4 is 10.1 Å². The van der Waals surface area contributed by atoms with Crippen LogP contribution in [-0.2, 0) is 0 Å². The van der Waals surface area contributed by atoms with Crippen LogP contribution in [-0.4, -0.2) is 39.2 Å². The third-order valence-corrected chi connectivity index (χ3v) is 4.35. The molecule has 19 heavy (non-hydrogen) atoms. The summed E-state index contributed by atoms with van der Waals surface area (Å²) in [6.45, 7) is 8.71. The summed E-state index contributed by atoms with van der Waals surface area (Å²) in [6.07, 6.45) is 0. The van der Waals surface area contributed by atoms with Crippen LogP contribution >= 0.6 is 0 Å². The Hall–Kier alpha value is -1.06. The number of hydrogen-bond donors (Lipinski definition) is 1. The molecular formula is C16H26N2O. The first-order chi connectivity index (χ1) is 8.97. The van der Waals surface area contributed by atoms with E-state index in [4.69, 9.17) is 4.74 Å². The summed E-state index contributed by atoms with van der Waals surface area (Å²) in [5, 5.41) is 3.38. The zero-order valence-corrected chi connectivity index (χ0v) is 13.0. The van der Waals surface area contributed by atoms with Gasteiger partial charge in [-0.3, -0.25) is 0 Å². The van der Waals surface area contributed by atoms with E-state index in [2.05, 4.69) is 51.1 Å². The maximum atomic E-state index is 5.74. The first-order valence-corrected chi connectivity index (χ1v) is 6.99. The van der Waals surface area contributed by atoms with E-state index in [1.165, 1.54) is 22.3 Å². The topological polar surface area (TPSA) is 24.5 Å². The summed E-state index contributed by atoms with van der Waals surface area (Å²) < 4.78 is 5.74. The maximum absolute atomic E-state index is 5.74. The molecule has 1 heterocycles. The zero-order chi connectivity index (χ0) is 14.2. The quantitative estimate of drug-likeness (QED) is 0.902. The lowest BCUT2D eigenvalue weighted by molar-refractivity contribution is 0.157. The molecule has 3 heteroatoms. The molecule has 0 radical (unpaired) electrons. The van der Waals surface area contributed by atoms with E-state index in [0.717, 1.165) is 18.8 Å². The minimum atomic E-state index is 0.426. The minimum absolute atomic E-state index is 0.426. The van der Waals surface area contributed by atoms with Crippen molar-refractivity contribution >= 4 is 0 Å². The highest BCUT2D eigenvalue weighted by molar-refractivity contribution is 5.51. The smallest absolute Gasteiger partial charge is 0.127 e. The highest BCUT2D eigenvalue weighted by Gasteiger charge is 2.33. The van der Waals surface area contributed by atoms with Crippen LogP contribution in [0.2, 0.25) is 0 Å². The van der Waals surface area contributed by atoms with Gasteiger partial charge in [0.05, 0.1) is 7.11 Å². The van der Waals surface area contributed by atoms with E-state index < -0.39 is 0 Å². The fourth-order valence-electron chi connectivity index (χ4n) is 3.15. The van der Waals surface area contributed by atoms with Crippen molar-refractivity contribution in [1.29, 1.82) is 0 Å². The normalized spacial score (nSPS) is 17.4. The molecule has 0 aliphatic carbocycles. The third-order valence-electron chi connectivity index (χ3n) is 4.35. The van der Waals surface area contributed by atoms with Crippen molar-refractivity contribution in [1.82, 2.24) is 10.2 Å². The molecule has 1 aromatic rings. The largest absolute Gasteiger partial charge is 0.496 e. The van der Waals surface area contributed by atoms with Crippen molar-refractivity contribution in [2.24, 2.45) is 5.92 Å². The molecule has 1 aromatic carbocycles. The number of aryl methyl sites for hydroxylation is 2. The van der Waals surface area contributed by atoms with Gasteiger partial charge in [0.1, 0.15) is 5.75 Å². The maximum Gasteiger partial charge on any atom is 0.127 e. The summed E-state index contributed by atoms with van der Waals surface area (Å²) >= 11 is 0. The highest BCUT2D eigenvalue weighted by Crippen LogP contribution is 2.40. The molecule has 0 aromatic heterocycles. The van der Waals surface area contributed by atoms with Gasteiger partial charge >= 0.3 is 0 Å². The summed E-state index contributed by atoms with van der Waals surface area (Å²) in [5.74, 6) is 1.74. The zero-order valence-electron chi connectivity index (χ0n) is 13.0. The van der Waals surface area contributed by atoms with Crippen molar-refractivity contribution in [3.8, 4) is 5.75 Å². The number of benzene rings is 1. The molecule has 2 rings (SSSR count). The van der Waals surface area contributed by atoms with Crippen LogP contribution in [0.4, 0.5) is 0 Å². The van der Waals surface area contributed by atoms with Crippen molar-refractivity contribution in [3.05, 3.63) is 28.3 Å². The number of methoxy groups -OCH3 is 1. The number of ether oxygens (including phenoxy) is 1. The number of nitrogens with zero attached hydrogens (tertiary/aromatic N) is 1. The summed E-state index contributed by atoms with van der Waals surface area (Å²) in [5.41, 5.74) is 5.28. The van der Waals surface area contributed by atoms with E-state index in [0.29, 0.717) is 12.0 Å². The number of nitrogens with one attached hydrogen (secondary N) is 1. The van der Waals surface area contributed by atoms with Crippen LogP contribution in [0, 0.1) is 26.7 Å².